The van der Waals surface area contributed by atoms with E-state index in [1.807, 2.05) is 6.92 Å². The monoisotopic (exact) mass is 335 g/mol. The summed E-state index contributed by atoms with van der Waals surface area (Å²) in [6.45, 7) is 4.52. The van der Waals surface area contributed by atoms with Crippen molar-refractivity contribution in [1.29, 1.82) is 0 Å². The first-order valence-electron chi connectivity index (χ1n) is 7.58. The Balaban J connectivity index is 2.66. The number of methoxy groups -OCH3 is 2. The van der Waals surface area contributed by atoms with Gasteiger partial charge in [0.05, 0.1) is 20.8 Å². The fraction of sp³-hybridized carbons (Fsp3) is 0.438. The van der Waals surface area contributed by atoms with E-state index in [1.54, 1.807) is 29.7 Å². The molecular weight excluding hydrogens is 314 g/mol. The second kappa shape index (κ2) is 8.30. The van der Waals surface area contributed by atoms with E-state index in [0.29, 0.717) is 29.6 Å². The SMILES string of the molecule is CCOCc1nnc(C(=O)OCC)n1-c1c(OC)cccc1OC. The predicted molar refractivity (Wildman–Crippen MR) is 85.7 cm³/mol. The summed E-state index contributed by atoms with van der Waals surface area (Å²) >= 11 is 0. The number of hydrogen-bond acceptors (Lipinski definition) is 7. The zero-order valence-electron chi connectivity index (χ0n) is 14.2. The second-order valence-corrected chi connectivity index (χ2v) is 4.64. The quantitative estimate of drug-likeness (QED) is 0.682. The average Bonchev–Trinajstić information content (AvgIpc) is 3.02. The molecule has 8 nitrogen and oxygen atoms in total. The minimum absolute atomic E-state index is 0.0364. The van der Waals surface area contributed by atoms with Gasteiger partial charge in [0.25, 0.3) is 0 Å². The number of hydrogen-bond donors (Lipinski definition) is 0. The van der Waals surface area contributed by atoms with Crippen LogP contribution in [0.3, 0.4) is 0 Å². The molecule has 0 unspecified atom stereocenters. The third-order valence-electron chi connectivity index (χ3n) is 3.25. The van der Waals surface area contributed by atoms with E-state index >= 15 is 0 Å². The van der Waals surface area contributed by atoms with Gasteiger partial charge in [0, 0.05) is 6.61 Å². The van der Waals surface area contributed by atoms with Crippen LogP contribution >= 0.6 is 0 Å². The summed E-state index contributed by atoms with van der Waals surface area (Å²) in [6.07, 6.45) is 0. The van der Waals surface area contributed by atoms with Crippen molar-refractivity contribution in [1.82, 2.24) is 14.8 Å². The molecule has 0 bridgehead atoms. The van der Waals surface area contributed by atoms with E-state index in [9.17, 15) is 4.79 Å². The Morgan fingerprint density at radius 2 is 1.75 bits per heavy atom. The third kappa shape index (κ3) is 3.48. The summed E-state index contributed by atoms with van der Waals surface area (Å²) < 4.78 is 22.9. The van der Waals surface area contributed by atoms with Crippen molar-refractivity contribution in [2.45, 2.75) is 20.5 Å². The van der Waals surface area contributed by atoms with Crippen LogP contribution in [0.1, 0.15) is 30.3 Å². The fourth-order valence-electron chi connectivity index (χ4n) is 2.22. The molecule has 0 aliphatic heterocycles. The maximum Gasteiger partial charge on any atom is 0.376 e. The van der Waals surface area contributed by atoms with Gasteiger partial charge >= 0.3 is 5.97 Å². The summed E-state index contributed by atoms with van der Waals surface area (Å²) in [6, 6.07) is 5.31. The molecule has 0 spiro atoms. The van der Waals surface area contributed by atoms with Crippen LogP contribution in [0.15, 0.2) is 18.2 Å². The topological polar surface area (TPSA) is 84.7 Å². The Hall–Kier alpha value is -2.61. The minimum atomic E-state index is -0.583. The molecule has 0 saturated heterocycles. The predicted octanol–water partition coefficient (Wildman–Crippen LogP) is 2.00. The summed E-state index contributed by atoms with van der Waals surface area (Å²) in [5.41, 5.74) is 0.519. The van der Waals surface area contributed by atoms with Gasteiger partial charge in [-0.05, 0) is 26.0 Å². The molecule has 0 fully saturated rings. The molecule has 0 amide bonds. The second-order valence-electron chi connectivity index (χ2n) is 4.64. The molecule has 0 aliphatic rings. The molecule has 2 rings (SSSR count). The molecular formula is C16H21N3O5. The number of carbonyl (C=O) groups excluding carboxylic acids is 1. The smallest absolute Gasteiger partial charge is 0.376 e. The number of rotatable bonds is 8. The fourth-order valence-corrected chi connectivity index (χ4v) is 2.22. The molecule has 130 valence electrons. The van der Waals surface area contributed by atoms with Crippen molar-refractivity contribution in [2.24, 2.45) is 0 Å². The van der Waals surface area contributed by atoms with E-state index in [2.05, 4.69) is 10.2 Å². The molecule has 1 aromatic heterocycles. The van der Waals surface area contributed by atoms with Crippen LogP contribution in [0, 0.1) is 0 Å². The van der Waals surface area contributed by atoms with Crippen molar-refractivity contribution in [3.05, 3.63) is 29.8 Å². The molecule has 0 radical (unpaired) electrons. The van der Waals surface area contributed by atoms with E-state index in [1.165, 1.54) is 14.2 Å². The highest BCUT2D eigenvalue weighted by Gasteiger charge is 2.25. The van der Waals surface area contributed by atoms with Gasteiger partial charge in [0.2, 0.25) is 5.82 Å². The number of nitrogens with zero attached hydrogens (tertiary/aromatic N) is 3. The van der Waals surface area contributed by atoms with Crippen LogP contribution in [-0.4, -0.2) is 48.2 Å². The van der Waals surface area contributed by atoms with Crippen molar-refractivity contribution in [2.75, 3.05) is 27.4 Å². The van der Waals surface area contributed by atoms with Gasteiger partial charge in [-0.3, -0.25) is 4.57 Å². The lowest BCUT2D eigenvalue weighted by atomic mass is 10.2. The zero-order chi connectivity index (χ0) is 17.5. The lowest BCUT2D eigenvalue weighted by Gasteiger charge is -2.16. The Morgan fingerprint density at radius 1 is 1.08 bits per heavy atom. The zero-order valence-corrected chi connectivity index (χ0v) is 14.2. The Bertz CT molecular complexity index is 677. The van der Waals surface area contributed by atoms with E-state index in [4.69, 9.17) is 18.9 Å². The number of esters is 1. The molecule has 0 aliphatic carbocycles. The van der Waals surface area contributed by atoms with Crippen molar-refractivity contribution < 1.29 is 23.7 Å². The normalized spacial score (nSPS) is 10.5. The van der Waals surface area contributed by atoms with Gasteiger partial charge in [-0.25, -0.2) is 4.79 Å². The highest BCUT2D eigenvalue weighted by molar-refractivity contribution is 5.86. The van der Waals surface area contributed by atoms with Gasteiger partial charge in [-0.1, -0.05) is 6.07 Å². The first-order valence-corrected chi connectivity index (χ1v) is 7.58. The van der Waals surface area contributed by atoms with E-state index in [0.717, 1.165) is 0 Å². The Morgan fingerprint density at radius 3 is 2.29 bits per heavy atom. The summed E-state index contributed by atoms with van der Waals surface area (Å²) in [7, 11) is 3.07. The van der Waals surface area contributed by atoms with Crippen LogP contribution in [0.5, 0.6) is 11.5 Å². The first-order chi connectivity index (χ1) is 11.7. The van der Waals surface area contributed by atoms with Crippen molar-refractivity contribution in [3.63, 3.8) is 0 Å². The van der Waals surface area contributed by atoms with Crippen molar-refractivity contribution in [3.8, 4) is 17.2 Å². The van der Waals surface area contributed by atoms with Crippen molar-refractivity contribution >= 4 is 5.97 Å². The maximum atomic E-state index is 12.3. The standard InChI is InChI=1S/C16H21N3O5/c1-5-23-10-13-17-18-15(16(20)24-6-2)19(13)14-11(21-3)8-7-9-12(14)22-4/h7-9H,5-6,10H2,1-4H3. The molecule has 1 heterocycles. The molecule has 0 N–H and O–H groups in total. The number of carbonyl (C=O) groups is 1. The van der Waals surface area contributed by atoms with Gasteiger partial charge in [-0.2, -0.15) is 0 Å². The summed E-state index contributed by atoms with van der Waals surface area (Å²) in [4.78, 5) is 12.3. The number of benzene rings is 1. The summed E-state index contributed by atoms with van der Waals surface area (Å²) in [5.74, 6) is 0.924. The molecule has 0 atom stereocenters. The maximum absolute atomic E-state index is 12.3. The lowest BCUT2D eigenvalue weighted by Crippen LogP contribution is -2.16. The number of ether oxygens (including phenoxy) is 4. The average molecular weight is 335 g/mol. The highest BCUT2D eigenvalue weighted by atomic mass is 16.5. The lowest BCUT2D eigenvalue weighted by molar-refractivity contribution is 0.0508. The molecule has 0 saturated carbocycles. The molecule has 2 aromatic rings. The number of aromatic nitrogens is 3. The van der Waals surface area contributed by atoms with Crippen LogP contribution < -0.4 is 9.47 Å². The van der Waals surface area contributed by atoms with Gasteiger partial charge in [0.1, 0.15) is 23.8 Å². The van der Waals surface area contributed by atoms with Gasteiger partial charge in [-0.15, -0.1) is 10.2 Å². The van der Waals surface area contributed by atoms with Gasteiger partial charge < -0.3 is 18.9 Å². The van der Waals surface area contributed by atoms with E-state index in [-0.39, 0.29) is 19.0 Å². The largest absolute Gasteiger partial charge is 0.494 e. The van der Waals surface area contributed by atoms with Crippen LogP contribution in [-0.2, 0) is 16.1 Å². The number of para-hydroxylation sites is 1. The third-order valence-corrected chi connectivity index (χ3v) is 3.25. The molecule has 1 aromatic carbocycles. The highest BCUT2D eigenvalue weighted by Crippen LogP contribution is 2.34. The first kappa shape index (κ1) is 17.7. The molecule has 8 heteroatoms. The van der Waals surface area contributed by atoms with Crippen LogP contribution in [0.2, 0.25) is 0 Å². The summed E-state index contributed by atoms with van der Waals surface area (Å²) in [5, 5.41) is 8.02. The molecule has 24 heavy (non-hydrogen) atoms. The van der Waals surface area contributed by atoms with Crippen LogP contribution in [0.4, 0.5) is 0 Å². The van der Waals surface area contributed by atoms with E-state index < -0.39 is 5.97 Å². The minimum Gasteiger partial charge on any atom is -0.494 e. The Labute approximate surface area is 140 Å². The Kier molecular flexibility index (Phi) is 6.14. The van der Waals surface area contributed by atoms with Gasteiger partial charge in [0.15, 0.2) is 5.82 Å². The van der Waals surface area contributed by atoms with Crippen LogP contribution in [0.25, 0.3) is 5.69 Å².